The molecular formula is C26H38N4O6. The van der Waals surface area contributed by atoms with Crippen LogP contribution in [0.25, 0.3) is 0 Å². The molecule has 0 heterocycles. The highest BCUT2D eigenvalue weighted by Crippen LogP contribution is 2.13. The molecule has 1 aromatic carbocycles. The van der Waals surface area contributed by atoms with E-state index in [1.807, 2.05) is 12.1 Å². The summed E-state index contributed by atoms with van der Waals surface area (Å²) in [5.41, 5.74) is 6.36. The van der Waals surface area contributed by atoms with E-state index < -0.39 is 18.1 Å². The van der Waals surface area contributed by atoms with Crippen molar-refractivity contribution in [2.75, 3.05) is 20.3 Å². The van der Waals surface area contributed by atoms with Gasteiger partial charge >= 0.3 is 5.97 Å². The minimum atomic E-state index is -0.739. The maximum absolute atomic E-state index is 12.6. The lowest BCUT2D eigenvalue weighted by Crippen LogP contribution is -2.51. The van der Waals surface area contributed by atoms with Gasteiger partial charge in [-0.25, -0.2) is 10.2 Å². The van der Waals surface area contributed by atoms with Gasteiger partial charge in [0.1, 0.15) is 24.4 Å². The number of hydrogen-bond donors (Lipinski definition) is 4. The fraction of sp³-hybridized carbons (Fsp3) is 0.462. The van der Waals surface area contributed by atoms with Crippen LogP contribution in [0.2, 0.25) is 0 Å². The van der Waals surface area contributed by atoms with Crippen molar-refractivity contribution < 1.29 is 28.7 Å². The number of unbranched alkanes of at least 4 members (excludes halogenated alkanes) is 2. The second kappa shape index (κ2) is 17.7. The first-order valence-electron chi connectivity index (χ1n) is 11.9. The van der Waals surface area contributed by atoms with Crippen LogP contribution in [0.1, 0.15) is 44.6 Å². The van der Waals surface area contributed by atoms with Gasteiger partial charge in [-0.15, -0.1) is 6.58 Å². The number of hydrogen-bond acceptors (Lipinski definition) is 7. The van der Waals surface area contributed by atoms with Crippen LogP contribution >= 0.6 is 0 Å². The molecule has 0 aliphatic rings. The van der Waals surface area contributed by atoms with E-state index >= 15 is 0 Å². The molecule has 0 radical (unpaired) electrons. The van der Waals surface area contributed by atoms with Gasteiger partial charge in [-0.2, -0.15) is 0 Å². The van der Waals surface area contributed by atoms with Gasteiger partial charge in [-0.05, 0) is 37.0 Å². The molecule has 1 aromatic rings. The monoisotopic (exact) mass is 502 g/mol. The number of ether oxygens (including phenoxy) is 2. The summed E-state index contributed by atoms with van der Waals surface area (Å²) in [4.78, 5) is 47.8. The van der Waals surface area contributed by atoms with E-state index in [0.717, 1.165) is 18.4 Å². The van der Waals surface area contributed by atoms with Crippen LogP contribution in [0.15, 0.2) is 49.6 Å². The Morgan fingerprint density at radius 2 is 1.69 bits per heavy atom. The predicted octanol–water partition coefficient (Wildman–Crippen LogP) is 1.71. The van der Waals surface area contributed by atoms with Crippen LogP contribution in [-0.2, 0) is 30.3 Å². The smallest absolute Gasteiger partial charge is 0.328 e. The second-order valence-corrected chi connectivity index (χ2v) is 8.10. The molecule has 2 atom stereocenters. The number of nitrogens with one attached hydrogen (secondary N) is 4. The van der Waals surface area contributed by atoms with Crippen molar-refractivity contribution >= 4 is 23.7 Å². The molecule has 0 spiro atoms. The van der Waals surface area contributed by atoms with E-state index in [0.29, 0.717) is 38.2 Å². The first-order chi connectivity index (χ1) is 17.3. The molecule has 1 rings (SSSR count). The molecule has 10 nitrogen and oxygen atoms in total. The molecule has 36 heavy (non-hydrogen) atoms. The lowest BCUT2D eigenvalue weighted by Gasteiger charge is -2.18. The fourth-order valence-corrected chi connectivity index (χ4v) is 3.27. The maximum Gasteiger partial charge on any atom is 0.328 e. The van der Waals surface area contributed by atoms with Crippen LogP contribution < -0.4 is 26.2 Å². The number of benzene rings is 1. The molecule has 0 aliphatic heterocycles. The minimum absolute atomic E-state index is 0.230. The summed E-state index contributed by atoms with van der Waals surface area (Å²) < 4.78 is 10.1. The average molecular weight is 503 g/mol. The summed E-state index contributed by atoms with van der Waals surface area (Å²) in [6, 6.07) is 5.82. The van der Waals surface area contributed by atoms with Gasteiger partial charge in [-0.3, -0.25) is 19.8 Å². The van der Waals surface area contributed by atoms with Gasteiger partial charge in [0.2, 0.25) is 11.8 Å². The van der Waals surface area contributed by atoms with E-state index in [-0.39, 0.29) is 24.1 Å². The Morgan fingerprint density at radius 1 is 0.972 bits per heavy atom. The number of rotatable bonds is 18. The standard InChI is InChI=1S/C26H38N4O6/c1-5-10-22(26(34)35-4)29-24(32)11-8-7-9-16-27-30-25(33)23(28-19(3)31)18-20-12-14-21(15-13-20)36-17-6-2/h5-6,12-15,22-23,27H,1-2,7-11,16-18H2,3-4H3,(H,28,31)(H,29,32)(H,30,33)/t22-,23-/m0/s1. The number of carbonyl (C=O) groups is 4. The molecule has 0 bridgehead atoms. The van der Waals surface area contributed by atoms with E-state index in [4.69, 9.17) is 4.74 Å². The van der Waals surface area contributed by atoms with Gasteiger partial charge in [0.25, 0.3) is 5.91 Å². The molecule has 198 valence electrons. The Balaban J connectivity index is 2.36. The highest BCUT2D eigenvalue weighted by atomic mass is 16.5. The molecule has 3 amide bonds. The Bertz CT molecular complexity index is 872. The highest BCUT2D eigenvalue weighted by molar-refractivity contribution is 5.87. The van der Waals surface area contributed by atoms with E-state index in [9.17, 15) is 19.2 Å². The van der Waals surface area contributed by atoms with Crippen molar-refractivity contribution in [3.05, 3.63) is 55.1 Å². The summed E-state index contributed by atoms with van der Waals surface area (Å²) in [7, 11) is 1.27. The zero-order valence-corrected chi connectivity index (χ0v) is 21.1. The largest absolute Gasteiger partial charge is 0.490 e. The molecule has 0 aliphatic carbocycles. The maximum atomic E-state index is 12.6. The number of carbonyl (C=O) groups excluding carboxylic acids is 4. The molecule has 0 unspecified atom stereocenters. The molecule has 0 saturated carbocycles. The normalized spacial score (nSPS) is 11.9. The quantitative estimate of drug-likeness (QED) is 0.104. The third-order valence-corrected chi connectivity index (χ3v) is 5.07. The first-order valence-corrected chi connectivity index (χ1v) is 11.9. The van der Waals surface area contributed by atoms with Crippen LogP contribution in [0.3, 0.4) is 0 Å². The summed E-state index contributed by atoms with van der Waals surface area (Å²) in [6.45, 7) is 9.44. The first kappa shape index (κ1) is 30.4. The van der Waals surface area contributed by atoms with Crippen LogP contribution in [0.4, 0.5) is 0 Å². The zero-order valence-electron chi connectivity index (χ0n) is 21.1. The summed E-state index contributed by atoms with van der Waals surface area (Å²) in [6.07, 6.45) is 6.20. The fourth-order valence-electron chi connectivity index (χ4n) is 3.27. The minimum Gasteiger partial charge on any atom is -0.490 e. The molecule has 10 heteroatoms. The van der Waals surface area contributed by atoms with Crippen molar-refractivity contribution in [2.45, 2.75) is 57.5 Å². The number of esters is 1. The Kier molecular flexibility index (Phi) is 15.0. The van der Waals surface area contributed by atoms with Gasteiger partial charge in [0.05, 0.1) is 7.11 Å². The molecule has 0 saturated heterocycles. The summed E-state index contributed by atoms with van der Waals surface area (Å²) >= 11 is 0. The molecule has 0 fully saturated rings. The van der Waals surface area contributed by atoms with Crippen molar-refractivity contribution in [1.29, 1.82) is 0 Å². The lowest BCUT2D eigenvalue weighted by atomic mass is 10.1. The third-order valence-electron chi connectivity index (χ3n) is 5.07. The predicted molar refractivity (Wildman–Crippen MR) is 137 cm³/mol. The van der Waals surface area contributed by atoms with Gasteiger partial charge in [0, 0.05) is 26.3 Å². The topological polar surface area (TPSA) is 135 Å². The Morgan fingerprint density at radius 3 is 2.31 bits per heavy atom. The van der Waals surface area contributed by atoms with Crippen molar-refractivity contribution in [3.63, 3.8) is 0 Å². The van der Waals surface area contributed by atoms with Crippen molar-refractivity contribution in [3.8, 4) is 5.75 Å². The second-order valence-electron chi connectivity index (χ2n) is 8.10. The lowest BCUT2D eigenvalue weighted by molar-refractivity contribution is -0.145. The van der Waals surface area contributed by atoms with Crippen LogP contribution in [0, 0.1) is 0 Å². The third kappa shape index (κ3) is 12.7. The van der Waals surface area contributed by atoms with E-state index in [1.165, 1.54) is 14.0 Å². The molecule has 0 aromatic heterocycles. The van der Waals surface area contributed by atoms with Gasteiger partial charge in [-0.1, -0.05) is 37.3 Å². The Labute approximate surface area is 212 Å². The zero-order chi connectivity index (χ0) is 26.8. The number of methoxy groups -OCH3 is 1. The number of amides is 3. The average Bonchev–Trinajstić information content (AvgIpc) is 2.86. The molecular weight excluding hydrogens is 464 g/mol. The van der Waals surface area contributed by atoms with Crippen molar-refractivity contribution in [2.24, 2.45) is 0 Å². The molecule has 4 N–H and O–H groups in total. The van der Waals surface area contributed by atoms with Gasteiger partial charge in [0.15, 0.2) is 0 Å². The Hall–Kier alpha value is -3.66. The summed E-state index contributed by atoms with van der Waals surface area (Å²) in [5, 5.41) is 5.31. The highest BCUT2D eigenvalue weighted by Gasteiger charge is 2.20. The van der Waals surface area contributed by atoms with E-state index in [1.54, 1.807) is 24.3 Å². The van der Waals surface area contributed by atoms with Gasteiger partial charge < -0.3 is 20.1 Å². The summed E-state index contributed by atoms with van der Waals surface area (Å²) in [5.74, 6) is -0.699. The number of hydrazine groups is 1. The van der Waals surface area contributed by atoms with E-state index in [2.05, 4.69) is 39.4 Å². The van der Waals surface area contributed by atoms with Crippen LogP contribution in [0.5, 0.6) is 5.75 Å². The van der Waals surface area contributed by atoms with Crippen LogP contribution in [-0.4, -0.2) is 56.0 Å². The van der Waals surface area contributed by atoms with Crippen molar-refractivity contribution in [1.82, 2.24) is 21.5 Å². The SMILES string of the molecule is C=CCOc1ccc(C[C@H](NC(C)=O)C(=O)NNCCCCCC(=O)N[C@@H](CC=C)C(=O)OC)cc1.